The van der Waals surface area contributed by atoms with Crippen LogP contribution in [-0.2, 0) is 11.0 Å². The average Bonchev–Trinajstić information content (AvgIpc) is 3.43. The summed E-state index contributed by atoms with van der Waals surface area (Å²) in [4.78, 5) is 43.9. The number of para-hydroxylation sites is 1. The molecule has 45 heavy (non-hydrogen) atoms. The van der Waals surface area contributed by atoms with E-state index in [4.69, 9.17) is 9.47 Å². The number of amides is 1. The van der Waals surface area contributed by atoms with Crippen LogP contribution in [0.3, 0.4) is 0 Å². The molecule has 0 N–H and O–H groups in total. The Labute approximate surface area is 255 Å². The first kappa shape index (κ1) is 31.6. The van der Waals surface area contributed by atoms with Crippen LogP contribution < -0.4 is 19.9 Å². The number of rotatable bonds is 8. The highest BCUT2D eigenvalue weighted by molar-refractivity contribution is 5.88. The van der Waals surface area contributed by atoms with Crippen LogP contribution in [0, 0.1) is 17.1 Å². The van der Waals surface area contributed by atoms with Crippen LogP contribution in [-0.4, -0.2) is 94.3 Å². The van der Waals surface area contributed by atoms with Crippen molar-refractivity contribution in [2.75, 3.05) is 51.8 Å². The molecule has 12 nitrogen and oxygen atoms in total. The third-order valence-electron chi connectivity index (χ3n) is 7.97. The summed E-state index contributed by atoms with van der Waals surface area (Å²) in [6, 6.07) is 4.42. The van der Waals surface area contributed by atoms with Gasteiger partial charge in [0.1, 0.15) is 23.6 Å². The number of hydrogen-bond donors (Lipinski definition) is 0. The maximum Gasteiger partial charge on any atom is 0.450 e. The van der Waals surface area contributed by atoms with E-state index in [1.54, 1.807) is 0 Å². The number of carbonyl (C=O) groups excluding carboxylic acids is 1. The van der Waals surface area contributed by atoms with E-state index < -0.39 is 52.0 Å². The monoisotopic (exact) mass is 630 g/mol. The van der Waals surface area contributed by atoms with Crippen LogP contribution in [0.1, 0.15) is 25.1 Å². The average molecular weight is 631 g/mol. The number of likely N-dealkylation sites (N-methyl/N-ethyl adjacent to an activating group) is 1. The predicted octanol–water partition coefficient (Wildman–Crippen LogP) is 2.93. The Morgan fingerprint density at radius 2 is 1.96 bits per heavy atom. The number of anilines is 1. The first-order valence-corrected chi connectivity index (χ1v) is 14.1. The summed E-state index contributed by atoms with van der Waals surface area (Å²) in [5.41, 5.74) is -3.15. The van der Waals surface area contributed by atoms with Crippen LogP contribution in [0.25, 0.3) is 16.7 Å². The van der Waals surface area contributed by atoms with Crippen molar-refractivity contribution in [3.63, 3.8) is 0 Å². The summed E-state index contributed by atoms with van der Waals surface area (Å²) in [6.07, 6.45) is -2.41. The number of likely N-dealkylation sites (tertiary alicyclic amines) is 1. The highest BCUT2D eigenvalue weighted by Crippen LogP contribution is 2.35. The Hall–Kier alpha value is -4.78. The molecule has 0 bridgehead atoms. The molecule has 2 fully saturated rings. The van der Waals surface area contributed by atoms with E-state index in [1.165, 1.54) is 21.9 Å². The summed E-state index contributed by atoms with van der Waals surface area (Å²) < 4.78 is 70.0. The van der Waals surface area contributed by atoms with Crippen molar-refractivity contribution in [3.05, 3.63) is 52.8 Å². The molecule has 0 spiro atoms. The molecule has 1 amide bonds. The van der Waals surface area contributed by atoms with E-state index in [0.717, 1.165) is 38.6 Å². The molecule has 2 atom stereocenters. The van der Waals surface area contributed by atoms with Crippen molar-refractivity contribution in [2.24, 2.45) is 0 Å². The van der Waals surface area contributed by atoms with Gasteiger partial charge in [-0.3, -0.25) is 9.59 Å². The molecular formula is C29H30F4N8O4. The van der Waals surface area contributed by atoms with E-state index in [9.17, 15) is 28.0 Å². The molecule has 0 aliphatic carbocycles. The number of ether oxygens (including phenoxy) is 2. The molecule has 2 saturated heterocycles. The smallest absolute Gasteiger partial charge is 0.450 e. The minimum Gasteiger partial charge on any atom is -0.494 e. The molecule has 0 saturated carbocycles. The fraction of sp³-hybridized carbons (Fsp3) is 0.448. The lowest BCUT2D eigenvalue weighted by molar-refractivity contribution is -0.146. The summed E-state index contributed by atoms with van der Waals surface area (Å²) in [5.74, 6) is -3.77. The Morgan fingerprint density at radius 3 is 2.60 bits per heavy atom. The van der Waals surface area contributed by atoms with Crippen LogP contribution in [0.2, 0.25) is 0 Å². The summed E-state index contributed by atoms with van der Waals surface area (Å²) in [7, 11) is 3.06. The number of alkyl halides is 3. The van der Waals surface area contributed by atoms with Gasteiger partial charge in [0.2, 0.25) is 11.7 Å². The third-order valence-corrected chi connectivity index (χ3v) is 7.97. The number of hydrogen-bond acceptors (Lipinski definition) is 10. The van der Waals surface area contributed by atoms with E-state index in [2.05, 4.69) is 26.4 Å². The molecule has 3 aromatic rings. The largest absolute Gasteiger partial charge is 0.494 e. The molecule has 0 unspecified atom stereocenters. The normalized spacial score (nSPS) is 19.0. The molecule has 2 aliphatic heterocycles. The first-order valence-electron chi connectivity index (χ1n) is 14.1. The van der Waals surface area contributed by atoms with E-state index in [1.807, 2.05) is 13.1 Å². The van der Waals surface area contributed by atoms with Gasteiger partial charge in [-0.1, -0.05) is 12.6 Å². The number of halogens is 4. The van der Waals surface area contributed by atoms with Gasteiger partial charge in [-0.15, -0.1) is 0 Å². The molecule has 1 aromatic carbocycles. The van der Waals surface area contributed by atoms with Crippen LogP contribution in [0.4, 0.5) is 23.4 Å². The number of nitriles is 1. The Balaban J connectivity index is 1.73. The summed E-state index contributed by atoms with van der Waals surface area (Å²) in [6.45, 7) is 4.63. The van der Waals surface area contributed by atoms with Crippen LogP contribution in [0.15, 0.2) is 35.6 Å². The SMILES string of the molecule is C=CC(=O)N1CCN(c2nc(OC[C@@H]3CCCN3C)nc3c(=O)n(-c4c(F)cccc4OC)c(C(F)(F)F)nc23)C[C@@H]1CC#N. The Bertz CT molecular complexity index is 1720. The second-order valence-corrected chi connectivity index (χ2v) is 10.7. The van der Waals surface area contributed by atoms with Crippen molar-refractivity contribution < 1.29 is 31.8 Å². The quantitative estimate of drug-likeness (QED) is 0.271. The number of benzene rings is 1. The van der Waals surface area contributed by atoms with Crippen LogP contribution in [0.5, 0.6) is 11.8 Å². The second-order valence-electron chi connectivity index (χ2n) is 10.7. The molecule has 2 aliphatic rings. The summed E-state index contributed by atoms with van der Waals surface area (Å²) >= 11 is 0. The van der Waals surface area contributed by atoms with E-state index in [0.29, 0.717) is 0 Å². The molecular weight excluding hydrogens is 600 g/mol. The number of carbonyl (C=O) groups is 1. The molecule has 0 radical (unpaired) electrons. The topological polar surface area (TPSA) is 130 Å². The lowest BCUT2D eigenvalue weighted by atomic mass is 10.1. The minimum absolute atomic E-state index is 0.0166. The van der Waals surface area contributed by atoms with Crippen molar-refractivity contribution in [3.8, 4) is 23.5 Å². The zero-order valence-electron chi connectivity index (χ0n) is 24.6. The fourth-order valence-corrected chi connectivity index (χ4v) is 5.69. The molecule has 16 heteroatoms. The number of nitrogens with zero attached hydrogens (tertiary/aromatic N) is 8. The lowest BCUT2D eigenvalue weighted by Gasteiger charge is -2.40. The van der Waals surface area contributed by atoms with Gasteiger partial charge in [-0.2, -0.15) is 28.4 Å². The molecule has 4 heterocycles. The Kier molecular flexibility index (Phi) is 8.91. The van der Waals surface area contributed by atoms with E-state index in [-0.39, 0.29) is 60.8 Å². The zero-order valence-corrected chi connectivity index (χ0v) is 24.6. The molecule has 2 aromatic heterocycles. The second kappa shape index (κ2) is 12.7. The van der Waals surface area contributed by atoms with Crippen molar-refractivity contribution in [1.29, 1.82) is 5.26 Å². The van der Waals surface area contributed by atoms with Crippen molar-refractivity contribution in [2.45, 2.75) is 37.5 Å². The van der Waals surface area contributed by atoms with Gasteiger partial charge in [0.05, 0.1) is 25.6 Å². The summed E-state index contributed by atoms with van der Waals surface area (Å²) in [5, 5.41) is 9.42. The first-order chi connectivity index (χ1) is 21.5. The van der Waals surface area contributed by atoms with Gasteiger partial charge >= 0.3 is 12.2 Å². The van der Waals surface area contributed by atoms with Crippen molar-refractivity contribution in [1.82, 2.24) is 29.3 Å². The van der Waals surface area contributed by atoms with Gasteiger partial charge in [0.25, 0.3) is 5.56 Å². The highest BCUT2D eigenvalue weighted by Gasteiger charge is 2.41. The van der Waals surface area contributed by atoms with Gasteiger partial charge in [-0.05, 0) is 44.6 Å². The maximum atomic E-state index is 15.1. The zero-order chi connectivity index (χ0) is 32.5. The molecule has 5 rings (SSSR count). The minimum atomic E-state index is -5.22. The Morgan fingerprint density at radius 1 is 1.18 bits per heavy atom. The fourth-order valence-electron chi connectivity index (χ4n) is 5.69. The number of methoxy groups -OCH3 is 1. The standard InChI is InChI=1S/C29H30F4N8O4/c1-4-21(42)40-14-13-39(15-17(40)10-11-34)25-22-23(36-28(37-25)45-16-18-7-6-12-38(18)2)26(43)41(27(35-22)29(31,32)33)24-19(30)8-5-9-20(24)44-3/h4-5,8-9,17-18H,1,6-7,10,12-16H2,2-3H3/t17-,18-/m0/s1. The predicted molar refractivity (Wildman–Crippen MR) is 154 cm³/mol. The number of aromatic nitrogens is 4. The van der Waals surface area contributed by atoms with E-state index >= 15 is 4.39 Å². The lowest BCUT2D eigenvalue weighted by Crippen LogP contribution is -2.55. The van der Waals surface area contributed by atoms with Gasteiger partial charge < -0.3 is 24.2 Å². The van der Waals surface area contributed by atoms with Gasteiger partial charge in [0.15, 0.2) is 17.2 Å². The van der Waals surface area contributed by atoms with Crippen LogP contribution >= 0.6 is 0 Å². The van der Waals surface area contributed by atoms with Gasteiger partial charge in [-0.25, -0.2) is 13.9 Å². The third kappa shape index (κ3) is 6.12. The highest BCUT2D eigenvalue weighted by atomic mass is 19.4. The maximum absolute atomic E-state index is 15.1. The molecule has 238 valence electrons. The number of piperazine rings is 1. The van der Waals surface area contributed by atoms with Gasteiger partial charge in [0, 0.05) is 25.7 Å². The number of fused-ring (bicyclic) bond motifs is 1. The van der Waals surface area contributed by atoms with Crippen molar-refractivity contribution >= 4 is 22.8 Å².